The highest BCUT2D eigenvalue weighted by Gasteiger charge is 2.22. The van der Waals surface area contributed by atoms with Crippen LogP contribution in [0.1, 0.15) is 37.2 Å². The van der Waals surface area contributed by atoms with Crippen molar-refractivity contribution in [3.8, 4) is 5.69 Å². The second-order valence-electron chi connectivity index (χ2n) is 6.44. The summed E-state index contributed by atoms with van der Waals surface area (Å²) in [6.07, 6.45) is 3.89. The molecule has 1 heterocycles. The van der Waals surface area contributed by atoms with Gasteiger partial charge in [0, 0.05) is 17.3 Å². The monoisotopic (exact) mass is 354 g/mol. The van der Waals surface area contributed by atoms with Crippen molar-refractivity contribution in [3.05, 3.63) is 53.4 Å². The molecule has 0 saturated carbocycles. The number of para-hydroxylation sites is 1. The minimum absolute atomic E-state index is 0.0193. The molecule has 0 spiro atoms. The summed E-state index contributed by atoms with van der Waals surface area (Å²) in [6, 6.07) is 9.13. The number of rotatable bonds is 7. The smallest absolute Gasteiger partial charge is 0.244 e. The molecule has 6 heteroatoms. The minimum atomic E-state index is -0.675. The van der Waals surface area contributed by atoms with Crippen molar-refractivity contribution in [2.45, 2.75) is 40.2 Å². The molecule has 0 fully saturated rings. The van der Waals surface area contributed by atoms with Gasteiger partial charge in [-0.2, -0.15) is 5.10 Å². The van der Waals surface area contributed by atoms with Crippen LogP contribution in [0.2, 0.25) is 0 Å². The van der Waals surface area contributed by atoms with Crippen molar-refractivity contribution in [1.82, 2.24) is 15.1 Å². The largest absolute Gasteiger partial charge is 0.368 e. The first-order chi connectivity index (χ1) is 12.3. The van der Waals surface area contributed by atoms with Gasteiger partial charge in [0.2, 0.25) is 11.8 Å². The number of carbonyl (C=O) groups is 2. The summed E-state index contributed by atoms with van der Waals surface area (Å²) in [5, 5.41) is 7.24. The third-order valence-electron chi connectivity index (χ3n) is 4.57. The Morgan fingerprint density at radius 3 is 2.50 bits per heavy atom. The molecular weight excluding hydrogens is 328 g/mol. The van der Waals surface area contributed by atoms with Gasteiger partial charge < -0.3 is 11.1 Å². The maximum Gasteiger partial charge on any atom is 0.244 e. The van der Waals surface area contributed by atoms with Crippen LogP contribution in [-0.4, -0.2) is 27.6 Å². The highest BCUT2D eigenvalue weighted by atomic mass is 16.2. The lowest BCUT2D eigenvalue weighted by atomic mass is 9.98. The van der Waals surface area contributed by atoms with E-state index in [0.29, 0.717) is 0 Å². The Kier molecular flexibility index (Phi) is 6.33. The molecule has 0 aliphatic rings. The Morgan fingerprint density at radius 1 is 1.27 bits per heavy atom. The van der Waals surface area contributed by atoms with Gasteiger partial charge in [-0.05, 0) is 38.0 Å². The molecule has 0 radical (unpaired) electrons. The van der Waals surface area contributed by atoms with E-state index in [1.165, 1.54) is 6.08 Å². The molecule has 6 nitrogen and oxygen atoms in total. The predicted molar refractivity (Wildman–Crippen MR) is 103 cm³/mol. The number of benzene rings is 1. The van der Waals surface area contributed by atoms with Crippen LogP contribution < -0.4 is 11.1 Å². The second-order valence-corrected chi connectivity index (χ2v) is 6.44. The van der Waals surface area contributed by atoms with Crippen molar-refractivity contribution < 1.29 is 9.59 Å². The van der Waals surface area contributed by atoms with Crippen LogP contribution in [0.25, 0.3) is 11.8 Å². The van der Waals surface area contributed by atoms with Crippen molar-refractivity contribution in [3.63, 3.8) is 0 Å². The number of primary amides is 1. The van der Waals surface area contributed by atoms with Crippen LogP contribution in [-0.2, 0) is 9.59 Å². The maximum atomic E-state index is 12.2. The maximum absolute atomic E-state index is 12.2. The van der Waals surface area contributed by atoms with E-state index in [0.717, 1.165) is 29.1 Å². The molecule has 1 aromatic carbocycles. The number of hydrogen-bond acceptors (Lipinski definition) is 3. The quantitative estimate of drug-likeness (QED) is 0.749. The van der Waals surface area contributed by atoms with Crippen molar-refractivity contribution in [1.29, 1.82) is 0 Å². The Hall–Kier alpha value is -2.89. The molecule has 26 heavy (non-hydrogen) atoms. The Bertz CT molecular complexity index is 809. The summed E-state index contributed by atoms with van der Waals surface area (Å²) in [5.74, 6) is -0.889. The zero-order valence-corrected chi connectivity index (χ0v) is 15.7. The number of carbonyl (C=O) groups excluding carboxylic acids is 2. The first kappa shape index (κ1) is 19.4. The van der Waals surface area contributed by atoms with Gasteiger partial charge in [0.1, 0.15) is 6.04 Å². The second kappa shape index (κ2) is 8.47. The van der Waals surface area contributed by atoms with Crippen LogP contribution in [0, 0.1) is 19.8 Å². The normalized spacial score (nSPS) is 13.5. The van der Waals surface area contributed by atoms with Gasteiger partial charge in [-0.3, -0.25) is 9.59 Å². The molecule has 2 atom stereocenters. The Balaban J connectivity index is 2.19. The van der Waals surface area contributed by atoms with E-state index in [1.807, 2.05) is 62.7 Å². The van der Waals surface area contributed by atoms with Crippen LogP contribution in [0.5, 0.6) is 0 Å². The molecule has 0 bridgehead atoms. The summed E-state index contributed by atoms with van der Waals surface area (Å²) in [5.41, 5.74) is 8.99. The highest BCUT2D eigenvalue weighted by Crippen LogP contribution is 2.19. The molecule has 3 N–H and O–H groups in total. The van der Waals surface area contributed by atoms with Crippen molar-refractivity contribution in [2.24, 2.45) is 11.7 Å². The predicted octanol–water partition coefficient (Wildman–Crippen LogP) is 2.52. The molecule has 0 aliphatic carbocycles. The Morgan fingerprint density at radius 2 is 1.92 bits per heavy atom. The fourth-order valence-electron chi connectivity index (χ4n) is 2.81. The van der Waals surface area contributed by atoms with Crippen LogP contribution in [0.15, 0.2) is 36.4 Å². The van der Waals surface area contributed by atoms with Gasteiger partial charge in [0.15, 0.2) is 0 Å². The summed E-state index contributed by atoms with van der Waals surface area (Å²) in [6.45, 7) is 7.69. The van der Waals surface area contributed by atoms with E-state index in [-0.39, 0.29) is 11.8 Å². The third-order valence-corrected chi connectivity index (χ3v) is 4.57. The molecular formula is C20H26N4O2. The number of aryl methyl sites for hydroxylation is 1. The summed E-state index contributed by atoms with van der Waals surface area (Å²) in [4.78, 5) is 23.8. The van der Waals surface area contributed by atoms with Crippen LogP contribution in [0.3, 0.4) is 0 Å². The number of nitrogens with two attached hydrogens (primary N) is 1. The van der Waals surface area contributed by atoms with Gasteiger partial charge in [-0.1, -0.05) is 38.5 Å². The summed E-state index contributed by atoms with van der Waals surface area (Å²) >= 11 is 0. The molecule has 2 unspecified atom stereocenters. The van der Waals surface area contributed by atoms with Crippen LogP contribution in [0.4, 0.5) is 0 Å². The first-order valence-corrected chi connectivity index (χ1v) is 8.74. The molecule has 2 rings (SSSR count). The molecule has 0 saturated heterocycles. The van der Waals surface area contributed by atoms with E-state index in [2.05, 4.69) is 10.4 Å². The van der Waals surface area contributed by atoms with Crippen molar-refractivity contribution in [2.75, 3.05) is 0 Å². The lowest BCUT2D eigenvalue weighted by molar-refractivity contribution is -0.126. The lowest BCUT2D eigenvalue weighted by Gasteiger charge is -2.20. The fourth-order valence-corrected chi connectivity index (χ4v) is 2.81. The summed E-state index contributed by atoms with van der Waals surface area (Å²) < 4.78 is 1.85. The average Bonchev–Trinajstić information content (AvgIpc) is 2.91. The van der Waals surface area contributed by atoms with E-state index in [1.54, 1.807) is 6.08 Å². The topological polar surface area (TPSA) is 90.0 Å². The standard InChI is InChI=1S/C20H26N4O2/c1-5-13(2)19(20(21)26)22-18(25)12-11-17-14(3)23-24(15(17)4)16-9-7-6-8-10-16/h6-13,19H,5H2,1-4H3,(H2,21,26)(H,22,25). The number of amides is 2. The van der Waals surface area contributed by atoms with Gasteiger partial charge in [0.25, 0.3) is 0 Å². The zero-order valence-electron chi connectivity index (χ0n) is 15.7. The van der Waals surface area contributed by atoms with Gasteiger partial charge in [-0.15, -0.1) is 0 Å². The first-order valence-electron chi connectivity index (χ1n) is 8.74. The SMILES string of the molecule is CCC(C)C(NC(=O)C=Cc1c(C)nn(-c2ccccc2)c1C)C(N)=O. The summed E-state index contributed by atoms with van der Waals surface area (Å²) in [7, 11) is 0. The average molecular weight is 354 g/mol. The van der Waals surface area contributed by atoms with E-state index >= 15 is 0 Å². The van der Waals surface area contributed by atoms with Gasteiger partial charge >= 0.3 is 0 Å². The van der Waals surface area contributed by atoms with E-state index in [9.17, 15) is 9.59 Å². The van der Waals surface area contributed by atoms with E-state index < -0.39 is 11.9 Å². The lowest BCUT2D eigenvalue weighted by Crippen LogP contribution is -2.47. The molecule has 2 aromatic rings. The van der Waals surface area contributed by atoms with E-state index in [4.69, 9.17) is 5.73 Å². The van der Waals surface area contributed by atoms with Gasteiger partial charge in [-0.25, -0.2) is 4.68 Å². The number of nitrogens with one attached hydrogen (secondary N) is 1. The fraction of sp³-hybridized carbons (Fsp3) is 0.350. The number of hydrogen-bond donors (Lipinski definition) is 2. The molecule has 138 valence electrons. The third kappa shape index (κ3) is 4.39. The number of nitrogens with zero attached hydrogens (tertiary/aromatic N) is 2. The van der Waals surface area contributed by atoms with Crippen LogP contribution >= 0.6 is 0 Å². The zero-order chi connectivity index (χ0) is 19.3. The van der Waals surface area contributed by atoms with Crippen molar-refractivity contribution >= 4 is 17.9 Å². The highest BCUT2D eigenvalue weighted by molar-refractivity contribution is 5.95. The molecule has 1 aromatic heterocycles. The molecule has 0 aliphatic heterocycles. The van der Waals surface area contributed by atoms with Gasteiger partial charge in [0.05, 0.1) is 11.4 Å². The Labute approximate surface area is 154 Å². The number of aromatic nitrogens is 2. The minimum Gasteiger partial charge on any atom is -0.368 e. The molecule has 2 amide bonds.